The molecule has 0 bridgehead atoms. The average molecular weight is 257 g/mol. The van der Waals surface area contributed by atoms with Gasteiger partial charge in [-0.2, -0.15) is 0 Å². The van der Waals surface area contributed by atoms with Crippen molar-refractivity contribution in [2.75, 3.05) is 5.33 Å². The maximum atomic E-state index is 9.87. The maximum absolute atomic E-state index is 9.87. The van der Waals surface area contributed by atoms with E-state index < -0.39 is 0 Å². The van der Waals surface area contributed by atoms with E-state index in [9.17, 15) is 5.11 Å². The average Bonchev–Trinajstić information content (AvgIpc) is 2.20. The molecule has 1 N–H and O–H groups in total. The summed E-state index contributed by atoms with van der Waals surface area (Å²) in [5.41, 5.74) is 3.45. The Balaban J connectivity index is 3.11. The molecular weight excluding hydrogens is 240 g/mol. The van der Waals surface area contributed by atoms with Crippen molar-refractivity contribution in [2.45, 2.75) is 33.1 Å². The smallest absolute Gasteiger partial charge is 0.121 e. The zero-order chi connectivity index (χ0) is 10.6. The molecule has 0 saturated carbocycles. The zero-order valence-electron chi connectivity index (χ0n) is 8.81. The number of benzene rings is 1. The van der Waals surface area contributed by atoms with Crippen molar-refractivity contribution in [2.24, 2.45) is 0 Å². The van der Waals surface area contributed by atoms with E-state index in [-0.39, 0.29) is 0 Å². The van der Waals surface area contributed by atoms with Crippen LogP contribution in [0.4, 0.5) is 0 Å². The Bertz CT molecular complexity index is 282. The third-order valence-corrected chi connectivity index (χ3v) is 2.87. The van der Waals surface area contributed by atoms with Crippen LogP contribution in [0.15, 0.2) is 12.1 Å². The molecule has 1 nitrogen and oxygen atoms in total. The molecule has 78 valence electrons. The highest BCUT2D eigenvalue weighted by Crippen LogP contribution is 2.26. The number of phenols is 1. The summed E-state index contributed by atoms with van der Waals surface area (Å²) in [6, 6.07) is 4.21. The molecule has 0 aromatic heterocycles. The van der Waals surface area contributed by atoms with Crippen molar-refractivity contribution in [3.05, 3.63) is 28.8 Å². The van der Waals surface area contributed by atoms with Crippen LogP contribution in [-0.4, -0.2) is 10.4 Å². The minimum atomic E-state index is 0.494. The first kappa shape index (κ1) is 11.6. The predicted molar refractivity (Wildman–Crippen MR) is 64.4 cm³/mol. The quantitative estimate of drug-likeness (QED) is 0.819. The van der Waals surface area contributed by atoms with Crippen LogP contribution in [0.25, 0.3) is 0 Å². The van der Waals surface area contributed by atoms with Crippen molar-refractivity contribution in [1.29, 1.82) is 0 Å². The Morgan fingerprint density at radius 1 is 1.14 bits per heavy atom. The minimum absolute atomic E-state index is 0.494. The number of aryl methyl sites for hydroxylation is 3. The van der Waals surface area contributed by atoms with Crippen molar-refractivity contribution in [3.63, 3.8) is 0 Å². The van der Waals surface area contributed by atoms with E-state index in [0.29, 0.717) is 5.75 Å². The summed E-state index contributed by atoms with van der Waals surface area (Å²) >= 11 is 3.44. The fourth-order valence-corrected chi connectivity index (χ4v) is 2.08. The minimum Gasteiger partial charge on any atom is -0.507 e. The molecule has 1 aromatic rings. The molecule has 0 aliphatic heterocycles. The topological polar surface area (TPSA) is 20.2 Å². The van der Waals surface area contributed by atoms with Crippen LogP contribution in [0.2, 0.25) is 0 Å². The number of hydrogen-bond acceptors (Lipinski definition) is 1. The second-order valence-corrected chi connectivity index (χ2v) is 4.20. The van der Waals surface area contributed by atoms with Gasteiger partial charge in [-0.1, -0.05) is 41.9 Å². The monoisotopic (exact) mass is 256 g/mol. The first-order valence-electron chi connectivity index (χ1n) is 5.12. The molecule has 0 saturated heterocycles. The second-order valence-electron chi connectivity index (χ2n) is 3.41. The molecule has 0 unspecified atom stereocenters. The van der Waals surface area contributed by atoms with Gasteiger partial charge in [0.2, 0.25) is 0 Å². The Hall–Kier alpha value is -0.500. The van der Waals surface area contributed by atoms with E-state index >= 15 is 0 Å². The molecule has 0 radical (unpaired) electrons. The highest BCUT2D eigenvalue weighted by Gasteiger charge is 2.06. The van der Waals surface area contributed by atoms with Gasteiger partial charge in [0.05, 0.1) is 0 Å². The lowest BCUT2D eigenvalue weighted by Gasteiger charge is -2.10. The van der Waals surface area contributed by atoms with Gasteiger partial charge in [0.1, 0.15) is 5.75 Å². The maximum Gasteiger partial charge on any atom is 0.121 e. The summed E-state index contributed by atoms with van der Waals surface area (Å²) in [4.78, 5) is 0. The molecule has 0 aliphatic rings. The van der Waals surface area contributed by atoms with Crippen LogP contribution >= 0.6 is 15.9 Å². The largest absolute Gasteiger partial charge is 0.507 e. The first-order chi connectivity index (χ1) is 6.72. The fraction of sp³-hybridized carbons (Fsp3) is 0.500. The van der Waals surface area contributed by atoms with E-state index in [1.54, 1.807) is 0 Å². The normalized spacial score (nSPS) is 10.5. The fourth-order valence-electron chi connectivity index (χ4n) is 1.62. The van der Waals surface area contributed by atoms with Crippen LogP contribution in [0.1, 0.15) is 30.5 Å². The Morgan fingerprint density at radius 3 is 2.00 bits per heavy atom. The second kappa shape index (κ2) is 5.40. The van der Waals surface area contributed by atoms with Crippen LogP contribution in [-0.2, 0) is 19.3 Å². The van der Waals surface area contributed by atoms with Crippen LogP contribution in [0, 0.1) is 0 Å². The van der Waals surface area contributed by atoms with Gasteiger partial charge in [0, 0.05) is 5.33 Å². The first-order valence-corrected chi connectivity index (χ1v) is 6.24. The highest BCUT2D eigenvalue weighted by molar-refractivity contribution is 9.09. The van der Waals surface area contributed by atoms with Gasteiger partial charge < -0.3 is 5.11 Å². The summed E-state index contributed by atoms with van der Waals surface area (Å²) < 4.78 is 0. The van der Waals surface area contributed by atoms with Crippen LogP contribution < -0.4 is 0 Å². The van der Waals surface area contributed by atoms with Gasteiger partial charge in [-0.15, -0.1) is 0 Å². The van der Waals surface area contributed by atoms with Gasteiger partial charge in [0.15, 0.2) is 0 Å². The van der Waals surface area contributed by atoms with Crippen molar-refractivity contribution >= 4 is 15.9 Å². The Morgan fingerprint density at radius 2 is 1.64 bits per heavy atom. The lowest BCUT2D eigenvalue weighted by molar-refractivity contribution is 0.462. The van der Waals surface area contributed by atoms with Crippen LogP contribution in [0.5, 0.6) is 5.75 Å². The molecule has 0 fully saturated rings. The van der Waals surface area contributed by atoms with E-state index in [0.717, 1.165) is 35.7 Å². The Labute approximate surface area is 94.3 Å². The Kier molecular flexibility index (Phi) is 4.46. The van der Waals surface area contributed by atoms with Gasteiger partial charge in [0.25, 0.3) is 0 Å². The van der Waals surface area contributed by atoms with Gasteiger partial charge in [-0.3, -0.25) is 0 Å². The number of alkyl halides is 1. The van der Waals surface area contributed by atoms with Crippen LogP contribution in [0.3, 0.4) is 0 Å². The molecule has 0 spiro atoms. The van der Waals surface area contributed by atoms with Crippen molar-refractivity contribution < 1.29 is 5.11 Å². The van der Waals surface area contributed by atoms with E-state index in [1.165, 1.54) is 5.56 Å². The molecule has 14 heavy (non-hydrogen) atoms. The third-order valence-electron chi connectivity index (χ3n) is 2.47. The van der Waals surface area contributed by atoms with Crippen molar-refractivity contribution in [3.8, 4) is 5.75 Å². The van der Waals surface area contributed by atoms with E-state index in [1.807, 2.05) is 0 Å². The molecule has 0 heterocycles. The molecule has 1 rings (SSSR count). The summed E-state index contributed by atoms with van der Waals surface area (Å²) in [7, 11) is 0. The molecule has 0 aliphatic carbocycles. The van der Waals surface area contributed by atoms with Gasteiger partial charge in [-0.25, -0.2) is 0 Å². The molecule has 0 amide bonds. The van der Waals surface area contributed by atoms with E-state index in [2.05, 4.69) is 41.9 Å². The lowest BCUT2D eigenvalue weighted by Crippen LogP contribution is -1.94. The number of hydrogen-bond donors (Lipinski definition) is 1. The third kappa shape index (κ3) is 2.50. The molecule has 0 atom stereocenters. The van der Waals surface area contributed by atoms with Gasteiger partial charge in [-0.05, 0) is 36.0 Å². The summed E-state index contributed by atoms with van der Waals surface area (Å²) in [6.45, 7) is 4.15. The van der Waals surface area contributed by atoms with Crippen molar-refractivity contribution in [1.82, 2.24) is 0 Å². The predicted octanol–water partition coefficient (Wildman–Crippen LogP) is 3.45. The number of aromatic hydroxyl groups is 1. The standard InChI is InChI=1S/C12H17BrO/c1-3-10-7-9(5-6-13)8-11(4-2)12(10)14/h7-8,14H,3-6H2,1-2H3. The zero-order valence-corrected chi connectivity index (χ0v) is 10.4. The molecular formula is C12H17BrO. The number of rotatable bonds is 4. The molecule has 2 heteroatoms. The van der Waals surface area contributed by atoms with Gasteiger partial charge >= 0.3 is 0 Å². The summed E-state index contributed by atoms with van der Waals surface area (Å²) in [5, 5.41) is 10.8. The summed E-state index contributed by atoms with van der Waals surface area (Å²) in [6.07, 6.45) is 2.82. The highest BCUT2D eigenvalue weighted by atomic mass is 79.9. The lowest BCUT2D eigenvalue weighted by atomic mass is 9.99. The van der Waals surface area contributed by atoms with E-state index in [4.69, 9.17) is 0 Å². The summed E-state index contributed by atoms with van der Waals surface area (Å²) in [5.74, 6) is 0.494. The number of phenolic OH excluding ortho intramolecular Hbond substituents is 1. The SMILES string of the molecule is CCc1cc(CCBr)cc(CC)c1O. The molecule has 1 aromatic carbocycles. The number of halogens is 1.